The Labute approximate surface area is 202 Å². The second-order valence-electron chi connectivity index (χ2n) is 8.35. The molecule has 1 saturated heterocycles. The van der Waals surface area contributed by atoms with Gasteiger partial charge in [0.05, 0.1) is 11.1 Å². The quantitative estimate of drug-likeness (QED) is 0.286. The number of carbonyl (C=O) groups is 1. The highest BCUT2D eigenvalue weighted by Gasteiger charge is 2.25. The van der Waals surface area contributed by atoms with Gasteiger partial charge in [-0.15, -0.1) is 17.9 Å². The minimum Gasteiger partial charge on any atom is -0.339 e. The van der Waals surface area contributed by atoms with Crippen LogP contribution < -0.4 is 5.56 Å². The Morgan fingerprint density at radius 2 is 1.91 bits per heavy atom. The zero-order valence-electron chi connectivity index (χ0n) is 19.4. The molecule has 0 saturated carbocycles. The first-order valence-electron chi connectivity index (χ1n) is 11.2. The maximum absolute atomic E-state index is 13.1. The van der Waals surface area contributed by atoms with Crippen molar-refractivity contribution in [3.63, 3.8) is 0 Å². The van der Waals surface area contributed by atoms with Crippen LogP contribution in [0.4, 0.5) is 0 Å². The summed E-state index contributed by atoms with van der Waals surface area (Å²) in [4.78, 5) is 37.0. The molecule has 174 valence electrons. The maximum atomic E-state index is 13.1. The van der Waals surface area contributed by atoms with Crippen LogP contribution >= 0.6 is 23.1 Å². The number of piperazine rings is 1. The zero-order chi connectivity index (χ0) is 23.5. The molecule has 0 aliphatic carbocycles. The summed E-state index contributed by atoms with van der Waals surface area (Å²) >= 11 is 2.88. The van der Waals surface area contributed by atoms with Gasteiger partial charge < -0.3 is 4.90 Å². The van der Waals surface area contributed by atoms with Gasteiger partial charge >= 0.3 is 0 Å². The van der Waals surface area contributed by atoms with Crippen molar-refractivity contribution >= 4 is 39.2 Å². The molecule has 33 heavy (non-hydrogen) atoms. The van der Waals surface area contributed by atoms with E-state index in [1.165, 1.54) is 28.7 Å². The molecule has 0 bridgehead atoms. The van der Waals surface area contributed by atoms with Crippen LogP contribution in [0, 0.1) is 13.8 Å². The van der Waals surface area contributed by atoms with Crippen molar-refractivity contribution < 1.29 is 4.79 Å². The zero-order valence-corrected chi connectivity index (χ0v) is 21.0. The van der Waals surface area contributed by atoms with E-state index in [0.29, 0.717) is 36.2 Å². The number of hydrogen-bond donors (Lipinski definition) is 0. The van der Waals surface area contributed by atoms with Gasteiger partial charge in [-0.1, -0.05) is 48.2 Å². The molecular weight excluding hydrogens is 452 g/mol. The highest BCUT2D eigenvalue weighted by molar-refractivity contribution is 7.99. The van der Waals surface area contributed by atoms with E-state index in [4.69, 9.17) is 4.98 Å². The normalized spacial score (nSPS) is 15.7. The van der Waals surface area contributed by atoms with Crippen molar-refractivity contribution in [2.24, 2.45) is 0 Å². The fourth-order valence-corrected chi connectivity index (χ4v) is 6.21. The molecule has 3 heterocycles. The summed E-state index contributed by atoms with van der Waals surface area (Å²) in [5, 5.41) is 1.26. The van der Waals surface area contributed by atoms with Crippen LogP contribution in [0.25, 0.3) is 10.2 Å². The molecule has 1 atom stereocenters. The van der Waals surface area contributed by atoms with Gasteiger partial charge in [-0.25, -0.2) is 4.98 Å². The Morgan fingerprint density at radius 3 is 2.58 bits per heavy atom. The van der Waals surface area contributed by atoms with Crippen LogP contribution in [-0.4, -0.2) is 57.2 Å². The van der Waals surface area contributed by atoms with Crippen LogP contribution in [-0.2, 0) is 11.3 Å². The first-order valence-corrected chi connectivity index (χ1v) is 13.0. The predicted molar refractivity (Wildman–Crippen MR) is 137 cm³/mol. The topological polar surface area (TPSA) is 58.4 Å². The number of carbonyl (C=O) groups excluding carboxylic acids is 1. The van der Waals surface area contributed by atoms with Crippen LogP contribution in [0.1, 0.15) is 29.0 Å². The summed E-state index contributed by atoms with van der Waals surface area (Å²) in [6, 6.07) is 10.8. The van der Waals surface area contributed by atoms with Gasteiger partial charge in [0, 0.05) is 43.6 Å². The predicted octanol–water partition coefficient (Wildman–Crippen LogP) is 4.26. The Balaban J connectivity index is 1.41. The van der Waals surface area contributed by atoms with E-state index < -0.39 is 0 Å². The smallest absolute Gasteiger partial charge is 0.263 e. The highest BCUT2D eigenvalue weighted by atomic mass is 32.2. The summed E-state index contributed by atoms with van der Waals surface area (Å²) in [7, 11) is 0. The van der Waals surface area contributed by atoms with Gasteiger partial charge in [0.15, 0.2) is 5.16 Å². The standard InChI is InChI=1S/C25H30N4O2S2/c1-5-11-29-24(31)22-17(2)19(4)33-23(22)26-25(29)32-16-21(30)28-14-12-27(13-15-28)18(3)20-9-7-6-8-10-20/h5-10,18H,1,11-16H2,2-4H3/t18-/m1/s1. The Kier molecular flexibility index (Phi) is 7.36. The molecule has 1 amide bonds. The number of allylic oxidation sites excluding steroid dienone is 1. The fourth-order valence-electron chi connectivity index (χ4n) is 4.23. The van der Waals surface area contributed by atoms with Crippen molar-refractivity contribution in [2.75, 3.05) is 31.9 Å². The number of thiophene rings is 1. The number of aromatic nitrogens is 2. The first kappa shape index (κ1) is 23.7. The molecule has 2 aromatic heterocycles. The average molecular weight is 483 g/mol. The summed E-state index contributed by atoms with van der Waals surface area (Å²) in [5.41, 5.74) is 2.23. The maximum Gasteiger partial charge on any atom is 0.263 e. The molecule has 1 fully saturated rings. The highest BCUT2D eigenvalue weighted by Crippen LogP contribution is 2.28. The second kappa shape index (κ2) is 10.2. The fraction of sp³-hybridized carbons (Fsp3) is 0.400. The third-order valence-corrected chi connectivity index (χ3v) is 8.45. The number of aryl methyl sites for hydroxylation is 2. The van der Waals surface area contributed by atoms with Gasteiger partial charge in [-0.05, 0) is 31.9 Å². The second-order valence-corrected chi connectivity index (χ2v) is 10.5. The van der Waals surface area contributed by atoms with Crippen LogP contribution in [0.3, 0.4) is 0 Å². The van der Waals surface area contributed by atoms with Gasteiger partial charge in [0.25, 0.3) is 5.56 Å². The van der Waals surface area contributed by atoms with E-state index in [2.05, 4.69) is 42.7 Å². The van der Waals surface area contributed by atoms with Crippen molar-refractivity contribution in [3.8, 4) is 0 Å². The number of nitrogens with zero attached hydrogens (tertiary/aromatic N) is 4. The van der Waals surface area contributed by atoms with Gasteiger partial charge in [0.1, 0.15) is 4.83 Å². The van der Waals surface area contributed by atoms with Crippen LogP contribution in [0.2, 0.25) is 0 Å². The van der Waals surface area contributed by atoms with Gasteiger partial charge in [-0.2, -0.15) is 0 Å². The van der Waals surface area contributed by atoms with Gasteiger partial charge in [-0.3, -0.25) is 19.1 Å². The molecule has 0 unspecified atom stereocenters. The van der Waals surface area contributed by atoms with E-state index in [9.17, 15) is 9.59 Å². The van der Waals surface area contributed by atoms with E-state index in [-0.39, 0.29) is 17.2 Å². The van der Waals surface area contributed by atoms with Crippen LogP contribution in [0.5, 0.6) is 0 Å². The minimum atomic E-state index is -0.0554. The number of rotatable bonds is 7. The number of hydrogen-bond acceptors (Lipinski definition) is 6. The van der Waals surface area contributed by atoms with E-state index in [0.717, 1.165) is 28.4 Å². The lowest BCUT2D eigenvalue weighted by Gasteiger charge is -2.38. The average Bonchev–Trinajstić information content (AvgIpc) is 3.13. The molecule has 6 nitrogen and oxygen atoms in total. The van der Waals surface area contributed by atoms with E-state index in [1.807, 2.05) is 24.8 Å². The minimum absolute atomic E-state index is 0.0554. The molecule has 0 spiro atoms. The molecule has 3 aromatic rings. The Morgan fingerprint density at radius 1 is 1.21 bits per heavy atom. The monoisotopic (exact) mass is 482 g/mol. The Hall–Kier alpha value is -2.42. The largest absolute Gasteiger partial charge is 0.339 e. The van der Waals surface area contributed by atoms with Crippen molar-refractivity contribution in [3.05, 3.63) is 69.3 Å². The van der Waals surface area contributed by atoms with E-state index in [1.54, 1.807) is 10.6 Å². The number of benzene rings is 1. The molecule has 0 radical (unpaired) electrons. The number of thioether (sulfide) groups is 1. The lowest BCUT2D eigenvalue weighted by atomic mass is 10.1. The summed E-state index contributed by atoms with van der Waals surface area (Å²) < 4.78 is 1.63. The van der Waals surface area contributed by atoms with E-state index >= 15 is 0 Å². The van der Waals surface area contributed by atoms with Gasteiger partial charge in [0.2, 0.25) is 5.91 Å². The summed E-state index contributed by atoms with van der Waals surface area (Å²) in [6.07, 6.45) is 1.70. The SMILES string of the molecule is C=CCn1c(SCC(=O)N2CCN([C@H](C)c3ccccc3)CC2)nc2sc(C)c(C)c2c1=O. The number of amides is 1. The Bertz CT molecular complexity index is 1210. The summed E-state index contributed by atoms with van der Waals surface area (Å²) in [6.45, 7) is 13.5. The molecule has 1 aliphatic heterocycles. The van der Waals surface area contributed by atoms with Crippen molar-refractivity contribution in [1.82, 2.24) is 19.4 Å². The third-order valence-electron chi connectivity index (χ3n) is 6.39. The molecule has 1 aromatic carbocycles. The first-order chi connectivity index (χ1) is 15.9. The third kappa shape index (κ3) is 4.93. The van der Waals surface area contributed by atoms with Crippen molar-refractivity contribution in [1.29, 1.82) is 0 Å². The number of fused-ring (bicyclic) bond motifs is 1. The van der Waals surface area contributed by atoms with Crippen LogP contribution in [0.15, 0.2) is 52.9 Å². The molecule has 8 heteroatoms. The summed E-state index contributed by atoms with van der Waals surface area (Å²) in [5.74, 6) is 0.359. The molecule has 1 aliphatic rings. The molecule has 0 N–H and O–H groups in total. The molecular formula is C25H30N4O2S2. The van der Waals surface area contributed by atoms with Crippen molar-refractivity contribution in [2.45, 2.75) is 38.5 Å². The lowest BCUT2D eigenvalue weighted by molar-refractivity contribution is -0.130. The lowest BCUT2D eigenvalue weighted by Crippen LogP contribution is -2.49. The molecule has 4 rings (SSSR count).